The maximum Gasteiger partial charge on any atom is 0.341 e. The van der Waals surface area contributed by atoms with Gasteiger partial charge in [-0.3, -0.25) is 4.90 Å². The lowest BCUT2D eigenvalue weighted by Crippen LogP contribution is -2.50. The van der Waals surface area contributed by atoms with Gasteiger partial charge in [0, 0.05) is 24.2 Å². The van der Waals surface area contributed by atoms with Crippen molar-refractivity contribution in [1.29, 1.82) is 0 Å². The number of esters is 1. The summed E-state index contributed by atoms with van der Waals surface area (Å²) in [6.45, 7) is 4.49. The summed E-state index contributed by atoms with van der Waals surface area (Å²) >= 11 is 12.2. The van der Waals surface area contributed by atoms with Gasteiger partial charge < -0.3 is 9.47 Å². The van der Waals surface area contributed by atoms with Crippen molar-refractivity contribution in [3.63, 3.8) is 0 Å². The first-order valence-electron chi connectivity index (χ1n) is 10.2. The number of nitrogens with zero attached hydrogens (tertiary/aromatic N) is 1. The summed E-state index contributed by atoms with van der Waals surface area (Å²) < 4.78 is 67.4. The number of carbonyl (C=O) groups is 1. The Hall–Kier alpha value is -2.03. The lowest BCUT2D eigenvalue weighted by atomic mass is 10.0. The monoisotopic (exact) mass is 507 g/mol. The van der Waals surface area contributed by atoms with E-state index in [1.165, 1.54) is 17.0 Å². The second-order valence-corrected chi connectivity index (χ2v) is 9.78. The van der Waals surface area contributed by atoms with Crippen LogP contribution in [0.1, 0.15) is 43.1 Å². The van der Waals surface area contributed by atoms with Crippen LogP contribution in [0.3, 0.4) is 0 Å². The van der Waals surface area contributed by atoms with Crippen molar-refractivity contribution in [2.75, 3.05) is 13.1 Å². The number of piperidine rings is 1. The number of benzene rings is 2. The highest BCUT2D eigenvalue weighted by Crippen LogP contribution is 2.35. The zero-order valence-electron chi connectivity index (χ0n) is 18.2. The van der Waals surface area contributed by atoms with Crippen LogP contribution in [0.2, 0.25) is 10.0 Å². The van der Waals surface area contributed by atoms with Crippen LogP contribution < -0.4 is 4.74 Å². The standard InChI is InChI=1S/C23H23Cl2F4NO3/c1-22(2,3)33-21(31)16-7-18(25)20(8-19(16)27)32-15-9-23(28,29)12-30(11-15)10-13-4-5-14(26)6-17(13)24/h4-8,15H,9-12H2,1-3H3/t15-/m1/s1. The van der Waals surface area contributed by atoms with Crippen molar-refractivity contribution in [2.45, 2.75) is 51.4 Å². The van der Waals surface area contributed by atoms with Crippen LogP contribution in [0.15, 0.2) is 30.3 Å². The molecule has 2 aromatic rings. The number of ether oxygens (including phenoxy) is 2. The summed E-state index contributed by atoms with van der Waals surface area (Å²) in [5, 5.41) is 0.0171. The van der Waals surface area contributed by atoms with Gasteiger partial charge in [-0.25, -0.2) is 22.4 Å². The molecule has 0 N–H and O–H groups in total. The predicted molar refractivity (Wildman–Crippen MR) is 117 cm³/mol. The molecule has 0 radical (unpaired) electrons. The highest BCUT2D eigenvalue weighted by Gasteiger charge is 2.41. The summed E-state index contributed by atoms with van der Waals surface area (Å²) in [5.41, 5.74) is -0.737. The number of rotatable bonds is 5. The molecule has 10 heteroatoms. The normalized spacial score (nSPS) is 18.8. The van der Waals surface area contributed by atoms with Gasteiger partial charge in [0.25, 0.3) is 5.92 Å². The smallest absolute Gasteiger partial charge is 0.341 e. The van der Waals surface area contributed by atoms with Crippen LogP contribution in [0.4, 0.5) is 17.6 Å². The van der Waals surface area contributed by atoms with E-state index in [2.05, 4.69) is 0 Å². The minimum atomic E-state index is -3.09. The van der Waals surface area contributed by atoms with Crippen molar-refractivity contribution in [3.05, 3.63) is 63.1 Å². The molecule has 3 rings (SSSR count). The molecule has 0 spiro atoms. The molecule has 0 bridgehead atoms. The lowest BCUT2D eigenvalue weighted by Gasteiger charge is -2.37. The SMILES string of the molecule is CC(C)(C)OC(=O)c1cc(Cl)c(O[C@H]2CN(Cc3ccc(F)cc3Cl)CC(F)(F)C2)cc1F. The maximum atomic E-state index is 14.6. The van der Waals surface area contributed by atoms with Gasteiger partial charge in [0.2, 0.25) is 0 Å². The highest BCUT2D eigenvalue weighted by atomic mass is 35.5. The Bertz CT molecular complexity index is 1040. The van der Waals surface area contributed by atoms with E-state index in [-0.39, 0.29) is 34.4 Å². The minimum absolute atomic E-state index is 0.0498. The first-order valence-corrected chi connectivity index (χ1v) is 10.9. The number of hydrogen-bond acceptors (Lipinski definition) is 4. The van der Waals surface area contributed by atoms with Crippen molar-refractivity contribution >= 4 is 29.2 Å². The van der Waals surface area contributed by atoms with Crippen molar-refractivity contribution in [3.8, 4) is 5.75 Å². The number of carbonyl (C=O) groups excluding carboxylic acids is 1. The van der Waals surface area contributed by atoms with Crippen molar-refractivity contribution in [2.24, 2.45) is 0 Å². The molecule has 1 saturated heterocycles. The molecular weight excluding hydrogens is 485 g/mol. The lowest BCUT2D eigenvalue weighted by molar-refractivity contribution is -0.103. The van der Waals surface area contributed by atoms with Crippen LogP contribution in [-0.4, -0.2) is 41.6 Å². The first kappa shape index (κ1) is 25.6. The van der Waals surface area contributed by atoms with Crippen LogP contribution in [-0.2, 0) is 11.3 Å². The second-order valence-electron chi connectivity index (χ2n) is 8.97. The third kappa shape index (κ3) is 6.98. The van der Waals surface area contributed by atoms with E-state index in [0.29, 0.717) is 5.56 Å². The van der Waals surface area contributed by atoms with Gasteiger partial charge >= 0.3 is 5.97 Å². The van der Waals surface area contributed by atoms with E-state index in [0.717, 1.165) is 18.2 Å². The second kappa shape index (κ2) is 9.68. The molecule has 0 aromatic heterocycles. The molecule has 4 nitrogen and oxygen atoms in total. The molecule has 0 aliphatic carbocycles. The fourth-order valence-electron chi connectivity index (χ4n) is 3.52. The van der Waals surface area contributed by atoms with Gasteiger partial charge in [0.1, 0.15) is 29.1 Å². The third-order valence-corrected chi connectivity index (χ3v) is 5.43. The van der Waals surface area contributed by atoms with Crippen molar-refractivity contribution in [1.82, 2.24) is 4.90 Å². The predicted octanol–water partition coefficient (Wildman–Crippen LogP) is 6.52. The van der Waals surface area contributed by atoms with Gasteiger partial charge in [0.05, 0.1) is 23.6 Å². The summed E-state index contributed by atoms with van der Waals surface area (Å²) in [5.74, 6) is -5.62. The molecule has 180 valence electrons. The maximum absolute atomic E-state index is 14.6. The Kier molecular flexibility index (Phi) is 7.51. The van der Waals surface area contributed by atoms with Gasteiger partial charge in [-0.2, -0.15) is 0 Å². The molecule has 1 heterocycles. The molecule has 2 aromatic carbocycles. The van der Waals surface area contributed by atoms with Gasteiger partial charge in [0.15, 0.2) is 0 Å². The number of hydrogen-bond donors (Lipinski definition) is 0. The molecule has 1 atom stereocenters. The minimum Gasteiger partial charge on any atom is -0.487 e. The Labute approximate surface area is 199 Å². The number of alkyl halides is 2. The largest absolute Gasteiger partial charge is 0.487 e. The topological polar surface area (TPSA) is 38.8 Å². The molecule has 0 amide bonds. The number of halogens is 6. The molecule has 0 unspecified atom stereocenters. The van der Waals surface area contributed by atoms with E-state index >= 15 is 0 Å². The van der Waals surface area contributed by atoms with Gasteiger partial charge in [-0.15, -0.1) is 0 Å². The quantitative estimate of drug-likeness (QED) is 0.341. The Morgan fingerprint density at radius 3 is 2.48 bits per heavy atom. The zero-order chi connectivity index (χ0) is 24.6. The summed E-state index contributed by atoms with van der Waals surface area (Å²) in [7, 11) is 0. The highest BCUT2D eigenvalue weighted by molar-refractivity contribution is 6.32. The summed E-state index contributed by atoms with van der Waals surface area (Å²) in [6, 6.07) is 5.68. The van der Waals surface area contributed by atoms with Crippen LogP contribution in [0.5, 0.6) is 5.75 Å². The average Bonchev–Trinajstić information content (AvgIpc) is 2.64. The molecule has 1 fully saturated rings. The van der Waals surface area contributed by atoms with Crippen LogP contribution in [0, 0.1) is 11.6 Å². The van der Waals surface area contributed by atoms with E-state index in [1.54, 1.807) is 20.8 Å². The van der Waals surface area contributed by atoms with E-state index < -0.39 is 48.2 Å². The van der Waals surface area contributed by atoms with E-state index in [1.807, 2.05) is 0 Å². The van der Waals surface area contributed by atoms with E-state index in [4.69, 9.17) is 32.7 Å². The third-order valence-electron chi connectivity index (χ3n) is 4.79. The molecule has 1 aliphatic heterocycles. The number of likely N-dealkylation sites (tertiary alicyclic amines) is 1. The van der Waals surface area contributed by atoms with Crippen LogP contribution in [0.25, 0.3) is 0 Å². The Morgan fingerprint density at radius 2 is 1.85 bits per heavy atom. The van der Waals surface area contributed by atoms with Crippen LogP contribution >= 0.6 is 23.2 Å². The summed E-state index contributed by atoms with van der Waals surface area (Å²) in [6.07, 6.45) is -1.62. The average molecular weight is 508 g/mol. The first-order chi connectivity index (χ1) is 15.2. The fourth-order valence-corrected chi connectivity index (χ4v) is 3.96. The van der Waals surface area contributed by atoms with E-state index in [9.17, 15) is 22.4 Å². The summed E-state index contributed by atoms with van der Waals surface area (Å²) in [4.78, 5) is 13.6. The Balaban J connectivity index is 1.76. The molecule has 33 heavy (non-hydrogen) atoms. The molecule has 1 aliphatic rings. The molecular formula is C23H23Cl2F4NO3. The molecule has 0 saturated carbocycles. The van der Waals surface area contributed by atoms with Gasteiger partial charge in [-0.1, -0.05) is 29.3 Å². The van der Waals surface area contributed by atoms with Crippen molar-refractivity contribution < 1.29 is 31.8 Å². The fraction of sp³-hybridized carbons (Fsp3) is 0.435. The Morgan fingerprint density at radius 1 is 1.15 bits per heavy atom. The van der Waals surface area contributed by atoms with Gasteiger partial charge in [-0.05, 0) is 44.5 Å². The zero-order valence-corrected chi connectivity index (χ0v) is 19.7.